The van der Waals surface area contributed by atoms with E-state index in [9.17, 15) is 9.59 Å². The molecule has 1 amide bonds. The van der Waals surface area contributed by atoms with Gasteiger partial charge in [0.15, 0.2) is 0 Å². The number of hydrogen-bond acceptors (Lipinski definition) is 5. The van der Waals surface area contributed by atoms with Crippen LogP contribution in [0.1, 0.15) is 40.8 Å². The van der Waals surface area contributed by atoms with E-state index in [0.717, 1.165) is 42.8 Å². The third-order valence-electron chi connectivity index (χ3n) is 5.01. The number of amides is 1. The summed E-state index contributed by atoms with van der Waals surface area (Å²) in [4.78, 5) is 27.1. The lowest BCUT2D eigenvalue weighted by molar-refractivity contribution is 0.0930. The van der Waals surface area contributed by atoms with Crippen molar-refractivity contribution in [1.29, 1.82) is 0 Å². The molecule has 6 nitrogen and oxygen atoms in total. The first-order valence-corrected chi connectivity index (χ1v) is 9.23. The molecular weight excluding hydrogens is 344 g/mol. The van der Waals surface area contributed by atoms with E-state index in [4.69, 9.17) is 8.83 Å². The Labute approximate surface area is 156 Å². The van der Waals surface area contributed by atoms with Gasteiger partial charge in [-0.1, -0.05) is 18.2 Å². The molecule has 2 aromatic heterocycles. The highest BCUT2D eigenvalue weighted by Crippen LogP contribution is 2.26. The second-order valence-corrected chi connectivity index (χ2v) is 6.90. The summed E-state index contributed by atoms with van der Waals surface area (Å²) >= 11 is 0. The summed E-state index contributed by atoms with van der Waals surface area (Å²) in [5.41, 5.74) is -0.137. The van der Waals surface area contributed by atoms with Crippen molar-refractivity contribution >= 4 is 16.9 Å². The zero-order valence-electron chi connectivity index (χ0n) is 15.2. The number of carbonyl (C=O) groups is 1. The van der Waals surface area contributed by atoms with Crippen molar-refractivity contribution in [3.63, 3.8) is 0 Å². The van der Waals surface area contributed by atoms with Gasteiger partial charge in [-0.25, -0.2) is 4.79 Å². The molecule has 1 aliphatic heterocycles. The fourth-order valence-corrected chi connectivity index (χ4v) is 3.60. The highest BCUT2D eigenvalue weighted by atomic mass is 16.4. The number of likely N-dealkylation sites (tertiary alicyclic amines) is 1. The Balaban J connectivity index is 1.54. The van der Waals surface area contributed by atoms with Gasteiger partial charge in [0.05, 0.1) is 6.04 Å². The van der Waals surface area contributed by atoms with Crippen molar-refractivity contribution in [2.45, 2.75) is 25.8 Å². The molecule has 0 spiro atoms. The summed E-state index contributed by atoms with van der Waals surface area (Å²) in [7, 11) is 0. The van der Waals surface area contributed by atoms with E-state index in [-0.39, 0.29) is 11.6 Å². The molecule has 3 heterocycles. The van der Waals surface area contributed by atoms with Gasteiger partial charge in [0.25, 0.3) is 5.91 Å². The SMILES string of the molecule is Cc1ccc([C@@H](CNC(=O)c2cc3ccccc3oc2=O)N2CCCC2)o1. The smallest absolute Gasteiger partial charge is 0.349 e. The largest absolute Gasteiger partial charge is 0.465 e. The van der Waals surface area contributed by atoms with Crippen molar-refractivity contribution in [2.75, 3.05) is 19.6 Å². The molecule has 3 aromatic rings. The normalized spacial score (nSPS) is 15.9. The first kappa shape index (κ1) is 17.5. The number of aryl methyl sites for hydroxylation is 1. The summed E-state index contributed by atoms with van der Waals surface area (Å²) in [6, 6.07) is 12.6. The minimum absolute atomic E-state index is 0.0181. The summed E-state index contributed by atoms with van der Waals surface area (Å²) in [5.74, 6) is 1.25. The molecule has 0 saturated carbocycles. The molecule has 0 radical (unpaired) electrons. The highest BCUT2D eigenvalue weighted by Gasteiger charge is 2.27. The fourth-order valence-electron chi connectivity index (χ4n) is 3.60. The number of carbonyl (C=O) groups excluding carboxylic acids is 1. The Kier molecular flexibility index (Phi) is 4.81. The number of benzene rings is 1. The van der Waals surface area contributed by atoms with Crippen molar-refractivity contribution in [1.82, 2.24) is 10.2 Å². The Bertz CT molecular complexity index is 1010. The lowest BCUT2D eigenvalue weighted by Crippen LogP contribution is -2.37. The average molecular weight is 366 g/mol. The second kappa shape index (κ2) is 7.40. The Hall–Kier alpha value is -2.86. The predicted octanol–water partition coefficient (Wildman–Crippen LogP) is 3.26. The van der Waals surface area contributed by atoms with Gasteiger partial charge in [0.2, 0.25) is 0 Å². The fraction of sp³-hybridized carbons (Fsp3) is 0.333. The first-order chi connectivity index (χ1) is 13.1. The van der Waals surface area contributed by atoms with Crippen molar-refractivity contribution < 1.29 is 13.6 Å². The maximum Gasteiger partial charge on any atom is 0.349 e. The van der Waals surface area contributed by atoms with E-state index >= 15 is 0 Å². The van der Waals surface area contributed by atoms with Crippen LogP contribution in [0.15, 0.2) is 56.1 Å². The molecule has 140 valence electrons. The maximum atomic E-state index is 12.6. The van der Waals surface area contributed by atoms with Crippen LogP contribution >= 0.6 is 0 Å². The number of fused-ring (bicyclic) bond motifs is 1. The number of para-hydroxylation sites is 1. The molecule has 1 atom stereocenters. The van der Waals surface area contributed by atoms with Gasteiger partial charge in [0, 0.05) is 11.9 Å². The Morgan fingerprint density at radius 2 is 1.93 bits per heavy atom. The molecule has 4 rings (SSSR count). The third-order valence-corrected chi connectivity index (χ3v) is 5.01. The van der Waals surface area contributed by atoms with Gasteiger partial charge in [-0.15, -0.1) is 0 Å². The minimum atomic E-state index is -0.627. The molecule has 1 fully saturated rings. The Morgan fingerprint density at radius 3 is 2.67 bits per heavy atom. The highest BCUT2D eigenvalue weighted by molar-refractivity contribution is 5.96. The van der Waals surface area contributed by atoms with E-state index < -0.39 is 11.5 Å². The third kappa shape index (κ3) is 3.66. The summed E-state index contributed by atoms with van der Waals surface area (Å²) in [6.07, 6.45) is 2.27. The van der Waals surface area contributed by atoms with E-state index in [1.807, 2.05) is 31.2 Å². The van der Waals surface area contributed by atoms with Gasteiger partial charge in [0.1, 0.15) is 22.7 Å². The van der Waals surface area contributed by atoms with E-state index in [1.54, 1.807) is 18.2 Å². The van der Waals surface area contributed by atoms with Crippen LogP contribution in [0.25, 0.3) is 11.0 Å². The number of nitrogens with one attached hydrogen (secondary N) is 1. The second-order valence-electron chi connectivity index (χ2n) is 6.90. The van der Waals surface area contributed by atoms with E-state index in [0.29, 0.717) is 12.1 Å². The van der Waals surface area contributed by atoms with Gasteiger partial charge in [-0.2, -0.15) is 0 Å². The summed E-state index contributed by atoms with van der Waals surface area (Å²) in [6.45, 7) is 4.22. The van der Waals surface area contributed by atoms with Crippen LogP contribution in [-0.4, -0.2) is 30.4 Å². The topological polar surface area (TPSA) is 75.7 Å². The van der Waals surface area contributed by atoms with Gasteiger partial charge in [-0.05, 0) is 57.1 Å². The zero-order chi connectivity index (χ0) is 18.8. The van der Waals surface area contributed by atoms with Gasteiger partial charge < -0.3 is 14.2 Å². The van der Waals surface area contributed by atoms with Crippen molar-refractivity contribution in [2.24, 2.45) is 0 Å². The lowest BCUT2D eigenvalue weighted by Gasteiger charge is -2.26. The van der Waals surface area contributed by atoms with Crippen molar-refractivity contribution in [3.05, 3.63) is 70.0 Å². The molecule has 0 unspecified atom stereocenters. The summed E-state index contributed by atoms with van der Waals surface area (Å²) < 4.78 is 11.1. The van der Waals surface area contributed by atoms with Crippen LogP contribution in [0.4, 0.5) is 0 Å². The van der Waals surface area contributed by atoms with Crippen LogP contribution in [-0.2, 0) is 0 Å². The van der Waals surface area contributed by atoms with Gasteiger partial charge >= 0.3 is 5.63 Å². The minimum Gasteiger partial charge on any atom is -0.465 e. The Morgan fingerprint density at radius 1 is 1.15 bits per heavy atom. The van der Waals surface area contributed by atoms with E-state index in [1.165, 1.54) is 0 Å². The maximum absolute atomic E-state index is 12.6. The van der Waals surface area contributed by atoms with Crippen LogP contribution < -0.4 is 10.9 Å². The summed E-state index contributed by atoms with van der Waals surface area (Å²) in [5, 5.41) is 3.61. The molecule has 27 heavy (non-hydrogen) atoms. The molecule has 1 aliphatic rings. The average Bonchev–Trinajstić information content (AvgIpc) is 3.33. The van der Waals surface area contributed by atoms with E-state index in [2.05, 4.69) is 10.2 Å². The number of nitrogens with zero attached hydrogens (tertiary/aromatic N) is 1. The van der Waals surface area contributed by atoms with Crippen molar-refractivity contribution in [3.8, 4) is 0 Å². The van der Waals surface area contributed by atoms with Crippen LogP contribution in [0.2, 0.25) is 0 Å². The molecule has 1 aromatic carbocycles. The molecule has 0 aliphatic carbocycles. The van der Waals surface area contributed by atoms with Gasteiger partial charge in [-0.3, -0.25) is 9.69 Å². The molecule has 0 bridgehead atoms. The monoisotopic (exact) mass is 366 g/mol. The zero-order valence-corrected chi connectivity index (χ0v) is 15.2. The quantitative estimate of drug-likeness (QED) is 0.702. The number of rotatable bonds is 5. The first-order valence-electron chi connectivity index (χ1n) is 9.23. The molecule has 1 saturated heterocycles. The lowest BCUT2D eigenvalue weighted by atomic mass is 10.1. The van der Waals surface area contributed by atoms with Crippen LogP contribution in [0.5, 0.6) is 0 Å². The van der Waals surface area contributed by atoms with Crippen LogP contribution in [0, 0.1) is 6.92 Å². The molecule has 1 N–H and O–H groups in total. The number of furan rings is 1. The van der Waals surface area contributed by atoms with Crippen LogP contribution in [0.3, 0.4) is 0 Å². The molecular formula is C21H22N2O4. The molecule has 6 heteroatoms. The predicted molar refractivity (Wildman–Crippen MR) is 102 cm³/mol. The standard InChI is InChI=1S/C21H22N2O4/c1-14-8-9-19(26-14)17(23-10-4-5-11-23)13-22-20(24)16-12-15-6-2-3-7-18(15)27-21(16)25/h2-3,6-9,12,17H,4-5,10-11,13H2,1H3,(H,22,24)/t17-/m1/s1. The number of hydrogen-bond donors (Lipinski definition) is 1.